The smallest absolute Gasteiger partial charge is 0.306 e. The molecule has 0 radical (unpaired) electrons. The Labute approximate surface area is 220 Å². The molecule has 0 heterocycles. The van der Waals surface area contributed by atoms with Crippen molar-refractivity contribution in [1.29, 1.82) is 0 Å². The van der Waals surface area contributed by atoms with Gasteiger partial charge in [-0.3, -0.25) is 4.79 Å². The number of hydrogen-bond donors (Lipinski definition) is 0. The largest absolute Gasteiger partial charge is 0.487 e. The number of quaternary nitrogens is 1. The molecule has 1 atom stereocenters. The molecule has 0 aliphatic heterocycles. The molecule has 4 nitrogen and oxygen atoms in total. The lowest BCUT2D eigenvalue weighted by molar-refractivity contribution is -0.903. The van der Waals surface area contributed by atoms with Crippen LogP contribution in [-0.4, -0.2) is 43.8 Å². The molecule has 4 heteroatoms. The van der Waals surface area contributed by atoms with Crippen LogP contribution in [0, 0.1) is 0 Å². The van der Waals surface area contributed by atoms with Gasteiger partial charge in [0, 0.05) is 12.0 Å². The van der Waals surface area contributed by atoms with Crippen LogP contribution in [0.2, 0.25) is 0 Å². The standard InChI is InChI=1S/C32H50NO3/c1-5-6-7-8-9-10-11-15-21-30-22-16-17-23-31(30)36-28(2)27-35-32(34)24-18-25-33(3,4)26-29-19-13-12-14-20-29/h12-14,16-17,19-20,22-23,28H,5-11,15,18,21,24-27H2,1-4H3/q+1. The van der Waals surface area contributed by atoms with Crippen LogP contribution >= 0.6 is 0 Å². The molecule has 0 bridgehead atoms. The quantitative estimate of drug-likeness (QED) is 0.113. The van der Waals surface area contributed by atoms with Gasteiger partial charge in [-0.15, -0.1) is 0 Å². The number of rotatable bonds is 19. The van der Waals surface area contributed by atoms with E-state index in [-0.39, 0.29) is 18.7 Å². The molecular formula is C32H50NO3+. The molecule has 0 saturated carbocycles. The second-order valence-electron chi connectivity index (χ2n) is 10.9. The van der Waals surface area contributed by atoms with Crippen molar-refractivity contribution in [2.24, 2.45) is 0 Å². The first-order valence-corrected chi connectivity index (χ1v) is 14.2. The Morgan fingerprint density at radius 1 is 0.833 bits per heavy atom. The SMILES string of the molecule is CCCCCCCCCCc1ccccc1OC(C)COC(=O)CCC[N+](C)(C)Cc1ccccc1. The normalized spacial score (nSPS) is 12.3. The van der Waals surface area contributed by atoms with Crippen LogP contribution in [0.5, 0.6) is 5.75 Å². The lowest BCUT2D eigenvalue weighted by Gasteiger charge is -2.29. The van der Waals surface area contributed by atoms with E-state index in [1.54, 1.807) is 0 Å². The molecule has 0 aliphatic rings. The van der Waals surface area contributed by atoms with Gasteiger partial charge in [-0.2, -0.15) is 0 Å². The Bertz CT molecular complexity index is 849. The van der Waals surface area contributed by atoms with E-state index in [0.29, 0.717) is 6.42 Å². The van der Waals surface area contributed by atoms with Crippen molar-refractivity contribution in [3.8, 4) is 5.75 Å². The Morgan fingerprint density at radius 2 is 1.47 bits per heavy atom. The Balaban J connectivity index is 1.63. The monoisotopic (exact) mass is 496 g/mol. The first-order chi connectivity index (χ1) is 17.4. The maximum absolute atomic E-state index is 12.3. The van der Waals surface area contributed by atoms with Gasteiger partial charge in [-0.05, 0) is 31.4 Å². The fourth-order valence-electron chi connectivity index (χ4n) is 4.62. The zero-order valence-corrected chi connectivity index (χ0v) is 23.3. The second-order valence-corrected chi connectivity index (χ2v) is 10.9. The van der Waals surface area contributed by atoms with Crippen LogP contribution in [0.25, 0.3) is 0 Å². The minimum absolute atomic E-state index is 0.141. The fraction of sp³-hybridized carbons (Fsp3) is 0.594. The molecule has 200 valence electrons. The van der Waals surface area contributed by atoms with Crippen molar-refractivity contribution in [1.82, 2.24) is 0 Å². The van der Waals surface area contributed by atoms with Crippen molar-refractivity contribution < 1.29 is 18.8 Å². The minimum atomic E-state index is -0.168. The number of ether oxygens (including phenoxy) is 2. The average molecular weight is 497 g/mol. The number of carbonyl (C=O) groups is 1. The van der Waals surface area contributed by atoms with Gasteiger partial charge in [0.25, 0.3) is 0 Å². The molecule has 0 aliphatic carbocycles. The third kappa shape index (κ3) is 13.1. The van der Waals surface area contributed by atoms with Crippen LogP contribution in [0.4, 0.5) is 0 Å². The van der Waals surface area contributed by atoms with Crippen LogP contribution in [0.1, 0.15) is 89.2 Å². The van der Waals surface area contributed by atoms with E-state index in [1.807, 2.05) is 25.1 Å². The highest BCUT2D eigenvalue weighted by Crippen LogP contribution is 2.22. The molecular weight excluding hydrogens is 446 g/mol. The van der Waals surface area contributed by atoms with Gasteiger partial charge in [0.1, 0.15) is 25.0 Å². The zero-order valence-electron chi connectivity index (χ0n) is 23.3. The molecule has 1 unspecified atom stereocenters. The van der Waals surface area contributed by atoms with E-state index in [9.17, 15) is 4.79 Å². The van der Waals surface area contributed by atoms with Gasteiger partial charge >= 0.3 is 5.97 Å². The van der Waals surface area contributed by atoms with Crippen LogP contribution in [0.3, 0.4) is 0 Å². The summed E-state index contributed by atoms with van der Waals surface area (Å²) >= 11 is 0. The molecule has 0 saturated heterocycles. The second kappa shape index (κ2) is 17.2. The van der Waals surface area contributed by atoms with E-state index in [2.05, 4.69) is 57.4 Å². The number of esters is 1. The summed E-state index contributed by atoms with van der Waals surface area (Å²) in [6, 6.07) is 18.8. The predicted octanol–water partition coefficient (Wildman–Crippen LogP) is 7.74. The molecule has 0 amide bonds. The van der Waals surface area contributed by atoms with E-state index in [4.69, 9.17) is 9.47 Å². The highest BCUT2D eigenvalue weighted by Gasteiger charge is 2.17. The molecule has 0 aromatic heterocycles. The molecule has 0 fully saturated rings. The first kappa shape index (κ1) is 29.9. The van der Waals surface area contributed by atoms with Crippen LogP contribution in [0.15, 0.2) is 54.6 Å². The summed E-state index contributed by atoms with van der Waals surface area (Å²) in [4.78, 5) is 12.3. The highest BCUT2D eigenvalue weighted by molar-refractivity contribution is 5.69. The number of aryl methyl sites for hydroxylation is 1. The Morgan fingerprint density at radius 3 is 2.19 bits per heavy atom. The fourth-order valence-corrected chi connectivity index (χ4v) is 4.62. The first-order valence-electron chi connectivity index (χ1n) is 14.2. The number of benzene rings is 2. The minimum Gasteiger partial charge on any atom is -0.487 e. The predicted molar refractivity (Wildman–Crippen MR) is 150 cm³/mol. The van der Waals surface area contributed by atoms with Crippen molar-refractivity contribution in [2.45, 2.75) is 97.1 Å². The van der Waals surface area contributed by atoms with Crippen molar-refractivity contribution in [3.63, 3.8) is 0 Å². The van der Waals surface area contributed by atoms with Gasteiger partial charge < -0.3 is 14.0 Å². The number of nitrogens with zero attached hydrogens (tertiary/aromatic N) is 1. The lowest BCUT2D eigenvalue weighted by Crippen LogP contribution is -2.39. The Hall–Kier alpha value is -2.33. The molecule has 2 aromatic rings. The number of carbonyl (C=O) groups excluding carboxylic acids is 1. The van der Waals surface area contributed by atoms with Gasteiger partial charge in [0.15, 0.2) is 0 Å². The molecule has 2 rings (SSSR count). The van der Waals surface area contributed by atoms with E-state index < -0.39 is 0 Å². The lowest BCUT2D eigenvalue weighted by atomic mass is 10.0. The molecule has 36 heavy (non-hydrogen) atoms. The van der Waals surface area contributed by atoms with Gasteiger partial charge in [-0.1, -0.05) is 100 Å². The summed E-state index contributed by atoms with van der Waals surface area (Å²) in [6.45, 7) is 6.41. The van der Waals surface area contributed by atoms with E-state index in [1.165, 1.54) is 62.5 Å². The summed E-state index contributed by atoms with van der Waals surface area (Å²) in [6.07, 6.45) is 12.7. The summed E-state index contributed by atoms with van der Waals surface area (Å²) in [5, 5.41) is 0. The Kier molecular flexibility index (Phi) is 14.3. The third-order valence-electron chi connectivity index (χ3n) is 6.68. The van der Waals surface area contributed by atoms with Crippen molar-refractivity contribution >= 4 is 5.97 Å². The van der Waals surface area contributed by atoms with Crippen LogP contribution < -0.4 is 4.74 Å². The zero-order chi connectivity index (χ0) is 26.1. The molecule has 2 aromatic carbocycles. The number of unbranched alkanes of at least 4 members (excludes halogenated alkanes) is 7. The van der Waals surface area contributed by atoms with E-state index >= 15 is 0 Å². The molecule has 0 spiro atoms. The van der Waals surface area contributed by atoms with E-state index in [0.717, 1.165) is 36.2 Å². The summed E-state index contributed by atoms with van der Waals surface area (Å²) in [5.74, 6) is 0.779. The highest BCUT2D eigenvalue weighted by atomic mass is 16.6. The summed E-state index contributed by atoms with van der Waals surface area (Å²) in [7, 11) is 4.42. The average Bonchev–Trinajstić information content (AvgIpc) is 2.85. The van der Waals surface area contributed by atoms with Crippen molar-refractivity contribution in [2.75, 3.05) is 27.2 Å². The summed E-state index contributed by atoms with van der Waals surface area (Å²) in [5.41, 5.74) is 2.57. The van der Waals surface area contributed by atoms with Crippen molar-refractivity contribution in [3.05, 3.63) is 65.7 Å². The summed E-state index contributed by atoms with van der Waals surface area (Å²) < 4.78 is 12.5. The number of para-hydroxylation sites is 1. The maximum Gasteiger partial charge on any atom is 0.306 e. The maximum atomic E-state index is 12.3. The van der Waals surface area contributed by atoms with Gasteiger partial charge in [0.05, 0.1) is 27.1 Å². The van der Waals surface area contributed by atoms with Gasteiger partial charge in [-0.25, -0.2) is 0 Å². The number of hydrogen-bond acceptors (Lipinski definition) is 3. The van der Waals surface area contributed by atoms with Gasteiger partial charge in [0.2, 0.25) is 0 Å². The van der Waals surface area contributed by atoms with Crippen LogP contribution in [-0.2, 0) is 22.5 Å². The molecule has 0 N–H and O–H groups in total. The third-order valence-corrected chi connectivity index (χ3v) is 6.68. The topological polar surface area (TPSA) is 35.5 Å².